The lowest BCUT2D eigenvalue weighted by Gasteiger charge is -2.37. The van der Waals surface area contributed by atoms with Crippen LogP contribution in [0.2, 0.25) is 0 Å². The molecule has 10 nitrogen and oxygen atoms in total. The van der Waals surface area contributed by atoms with Gasteiger partial charge in [0.2, 0.25) is 0 Å². The number of H-pyrrole nitrogens is 1. The number of aromatic amines is 1. The molecule has 5 rings (SSSR count). The predicted molar refractivity (Wildman–Crippen MR) is 139 cm³/mol. The second-order valence-electron chi connectivity index (χ2n) is 10.3. The third-order valence-corrected chi connectivity index (χ3v) is 6.58. The number of benzene rings is 1. The third kappa shape index (κ3) is 4.75. The summed E-state index contributed by atoms with van der Waals surface area (Å²) >= 11 is 0. The number of nitrogens with one attached hydrogen (secondary N) is 1. The molecule has 3 aromatic heterocycles. The van der Waals surface area contributed by atoms with Gasteiger partial charge in [-0.05, 0) is 57.4 Å². The van der Waals surface area contributed by atoms with E-state index < -0.39 is 5.60 Å². The number of rotatable bonds is 4. The molecule has 4 aromatic rings. The van der Waals surface area contributed by atoms with E-state index in [0.29, 0.717) is 13.1 Å². The Morgan fingerprint density at radius 2 is 1.83 bits per heavy atom. The predicted octanol–water partition coefficient (Wildman–Crippen LogP) is 4.26. The standard InChI is InChI=1S/C26H32N8O2/c1-26(2,3)36-25(35)34-12-10-18(11-13-34)33(5)23-9-8-22(29-30-23)20-7-6-19(17-14-28-32(4)16-17)21-15-27-31-24(20)21/h6-9,14-16,18H,10-13H2,1-5H3,(H,27,31). The van der Waals surface area contributed by atoms with Crippen molar-refractivity contribution < 1.29 is 9.53 Å². The number of nitrogens with zero attached hydrogens (tertiary/aromatic N) is 7. The Kier molecular flexibility index (Phi) is 6.11. The van der Waals surface area contributed by atoms with Crippen LogP contribution in [0.5, 0.6) is 0 Å². The number of aromatic nitrogens is 6. The Hall–Kier alpha value is -3.95. The largest absolute Gasteiger partial charge is 0.444 e. The van der Waals surface area contributed by atoms with Gasteiger partial charge in [0, 0.05) is 55.9 Å². The van der Waals surface area contributed by atoms with E-state index in [4.69, 9.17) is 4.74 Å². The Labute approximate surface area is 210 Å². The van der Waals surface area contributed by atoms with Gasteiger partial charge in [-0.2, -0.15) is 10.2 Å². The lowest BCUT2D eigenvalue weighted by Crippen LogP contribution is -2.47. The van der Waals surface area contributed by atoms with Crippen molar-refractivity contribution in [3.05, 3.63) is 42.9 Å². The number of fused-ring (bicyclic) bond motifs is 1. The molecule has 0 saturated carbocycles. The molecule has 1 N–H and O–H groups in total. The fraction of sp³-hybridized carbons (Fsp3) is 0.423. The van der Waals surface area contributed by atoms with Gasteiger partial charge in [-0.25, -0.2) is 4.79 Å². The summed E-state index contributed by atoms with van der Waals surface area (Å²) in [6.07, 6.45) is 7.13. The number of carbonyl (C=O) groups is 1. The number of ether oxygens (including phenoxy) is 1. The zero-order chi connectivity index (χ0) is 25.4. The van der Waals surface area contributed by atoms with E-state index in [1.165, 1.54) is 0 Å². The highest BCUT2D eigenvalue weighted by Crippen LogP contribution is 2.34. The molecule has 188 valence electrons. The van der Waals surface area contributed by atoms with Crippen LogP contribution in [0.4, 0.5) is 10.6 Å². The molecule has 4 heterocycles. The van der Waals surface area contributed by atoms with Crippen LogP contribution in [0, 0.1) is 0 Å². The molecule has 1 saturated heterocycles. The van der Waals surface area contributed by atoms with Crippen molar-refractivity contribution in [2.75, 3.05) is 25.0 Å². The summed E-state index contributed by atoms with van der Waals surface area (Å²) in [5, 5.41) is 21.8. The molecular formula is C26H32N8O2. The Morgan fingerprint density at radius 1 is 1.08 bits per heavy atom. The van der Waals surface area contributed by atoms with E-state index in [1.54, 1.807) is 9.58 Å². The van der Waals surface area contributed by atoms with Crippen LogP contribution in [0.3, 0.4) is 0 Å². The number of amides is 1. The maximum absolute atomic E-state index is 12.4. The molecule has 36 heavy (non-hydrogen) atoms. The maximum atomic E-state index is 12.4. The first-order valence-electron chi connectivity index (χ1n) is 12.2. The van der Waals surface area contributed by atoms with Crippen LogP contribution < -0.4 is 4.90 Å². The zero-order valence-corrected chi connectivity index (χ0v) is 21.4. The molecule has 1 aliphatic rings. The summed E-state index contributed by atoms with van der Waals surface area (Å²) in [6, 6.07) is 8.39. The summed E-state index contributed by atoms with van der Waals surface area (Å²) in [6.45, 7) is 6.99. The molecule has 10 heteroatoms. The summed E-state index contributed by atoms with van der Waals surface area (Å²) in [5.41, 5.74) is 4.26. The summed E-state index contributed by atoms with van der Waals surface area (Å²) in [5.74, 6) is 0.808. The monoisotopic (exact) mass is 488 g/mol. The van der Waals surface area contributed by atoms with E-state index in [2.05, 4.69) is 36.5 Å². The van der Waals surface area contributed by atoms with Crippen molar-refractivity contribution in [3.8, 4) is 22.4 Å². The van der Waals surface area contributed by atoms with Crippen LogP contribution in [0.1, 0.15) is 33.6 Å². The van der Waals surface area contributed by atoms with Crippen molar-refractivity contribution in [2.45, 2.75) is 45.3 Å². The average molecular weight is 489 g/mol. The lowest BCUT2D eigenvalue weighted by atomic mass is 10.00. The van der Waals surface area contributed by atoms with Gasteiger partial charge in [0.1, 0.15) is 5.60 Å². The second-order valence-corrected chi connectivity index (χ2v) is 10.3. The molecule has 0 radical (unpaired) electrons. The van der Waals surface area contributed by atoms with E-state index in [1.807, 2.05) is 71.7 Å². The van der Waals surface area contributed by atoms with Crippen molar-refractivity contribution in [1.82, 2.24) is 35.1 Å². The number of likely N-dealkylation sites (tertiary alicyclic amines) is 1. The van der Waals surface area contributed by atoms with Crippen molar-refractivity contribution in [1.29, 1.82) is 0 Å². The molecule has 0 spiro atoms. The molecule has 0 aliphatic carbocycles. The molecule has 0 unspecified atom stereocenters. The number of anilines is 1. The van der Waals surface area contributed by atoms with Gasteiger partial charge in [0.25, 0.3) is 0 Å². The first-order valence-corrected chi connectivity index (χ1v) is 12.2. The fourth-order valence-corrected chi connectivity index (χ4v) is 4.67. The van der Waals surface area contributed by atoms with E-state index in [9.17, 15) is 4.79 Å². The topological polar surface area (TPSA) is 105 Å². The molecule has 0 bridgehead atoms. The second kappa shape index (κ2) is 9.25. The first-order chi connectivity index (χ1) is 17.2. The van der Waals surface area contributed by atoms with Crippen LogP contribution in [-0.2, 0) is 11.8 Å². The molecule has 0 atom stereocenters. The molecule has 1 aliphatic heterocycles. The summed E-state index contributed by atoms with van der Waals surface area (Å²) in [7, 11) is 3.94. The number of aryl methyl sites for hydroxylation is 1. The quantitative estimate of drug-likeness (QED) is 0.458. The molecule has 1 aromatic carbocycles. The van der Waals surface area contributed by atoms with Crippen molar-refractivity contribution in [3.63, 3.8) is 0 Å². The first kappa shape index (κ1) is 23.8. The van der Waals surface area contributed by atoms with E-state index >= 15 is 0 Å². The summed E-state index contributed by atoms with van der Waals surface area (Å²) < 4.78 is 7.30. The fourth-order valence-electron chi connectivity index (χ4n) is 4.67. The highest BCUT2D eigenvalue weighted by Gasteiger charge is 2.29. The van der Waals surface area contributed by atoms with Crippen molar-refractivity contribution in [2.24, 2.45) is 7.05 Å². The summed E-state index contributed by atoms with van der Waals surface area (Å²) in [4.78, 5) is 16.3. The Balaban J connectivity index is 1.29. The number of hydrogen-bond acceptors (Lipinski definition) is 7. The minimum Gasteiger partial charge on any atom is -0.444 e. The Bertz CT molecular complexity index is 1360. The van der Waals surface area contributed by atoms with Gasteiger partial charge in [-0.15, -0.1) is 10.2 Å². The van der Waals surface area contributed by atoms with E-state index in [0.717, 1.165) is 51.9 Å². The minimum absolute atomic E-state index is 0.243. The van der Waals surface area contributed by atoms with Crippen molar-refractivity contribution >= 4 is 22.8 Å². The number of piperidine rings is 1. The number of hydrogen-bond donors (Lipinski definition) is 1. The highest BCUT2D eigenvalue weighted by atomic mass is 16.6. The SMILES string of the molecule is CN(c1ccc(-c2ccc(-c3cnn(C)c3)c3cn[nH]c23)nn1)C1CCN(C(=O)OC(C)(C)C)CC1. The van der Waals surface area contributed by atoms with E-state index in [-0.39, 0.29) is 12.1 Å². The zero-order valence-electron chi connectivity index (χ0n) is 21.4. The van der Waals surface area contributed by atoms with Gasteiger partial charge in [0.05, 0.1) is 23.6 Å². The minimum atomic E-state index is -0.483. The van der Waals surface area contributed by atoms with Gasteiger partial charge >= 0.3 is 6.09 Å². The third-order valence-electron chi connectivity index (χ3n) is 6.58. The van der Waals surface area contributed by atoms with Crippen LogP contribution in [0.25, 0.3) is 33.3 Å². The van der Waals surface area contributed by atoms with Gasteiger partial charge < -0.3 is 14.5 Å². The highest BCUT2D eigenvalue weighted by molar-refractivity contribution is 6.01. The van der Waals surface area contributed by atoms with Gasteiger partial charge in [0.15, 0.2) is 5.82 Å². The van der Waals surface area contributed by atoms with Gasteiger partial charge in [-0.1, -0.05) is 6.07 Å². The average Bonchev–Trinajstić information content (AvgIpc) is 3.52. The normalized spacial score (nSPS) is 14.9. The van der Waals surface area contributed by atoms with Crippen LogP contribution in [0.15, 0.2) is 42.9 Å². The maximum Gasteiger partial charge on any atom is 0.410 e. The lowest BCUT2D eigenvalue weighted by molar-refractivity contribution is 0.0205. The Morgan fingerprint density at radius 3 is 2.47 bits per heavy atom. The number of carbonyl (C=O) groups excluding carboxylic acids is 1. The van der Waals surface area contributed by atoms with Gasteiger partial charge in [-0.3, -0.25) is 9.78 Å². The smallest absolute Gasteiger partial charge is 0.410 e. The molecular weight excluding hydrogens is 456 g/mol. The molecule has 1 amide bonds. The van der Waals surface area contributed by atoms with Crippen LogP contribution in [-0.4, -0.2) is 72.9 Å². The molecule has 1 fully saturated rings. The van der Waals surface area contributed by atoms with Crippen LogP contribution >= 0.6 is 0 Å².